The Kier molecular flexibility index (Phi) is 5.57. The number of hydrogen-bond donors (Lipinski definition) is 1. The molecular weight excluding hydrogens is 348 g/mol. The number of aromatic nitrogens is 3. The van der Waals surface area contributed by atoms with E-state index in [2.05, 4.69) is 52.1 Å². The Morgan fingerprint density at radius 2 is 2.00 bits per heavy atom. The fourth-order valence-electron chi connectivity index (χ4n) is 2.54. The van der Waals surface area contributed by atoms with Crippen LogP contribution < -0.4 is 5.32 Å². The van der Waals surface area contributed by atoms with Crippen LogP contribution in [0.4, 0.5) is 0 Å². The molecule has 1 unspecified atom stereocenters. The lowest BCUT2D eigenvalue weighted by Gasteiger charge is -2.18. The molecule has 2 aromatic rings. The molecule has 4 nitrogen and oxygen atoms in total. The first kappa shape index (κ1) is 16.6. The molecule has 2 rings (SSSR count). The van der Waals surface area contributed by atoms with Gasteiger partial charge in [0.1, 0.15) is 0 Å². The third-order valence-corrected chi connectivity index (χ3v) is 5.77. The molecule has 21 heavy (non-hydrogen) atoms. The maximum absolute atomic E-state index is 4.58. The molecule has 0 spiro atoms. The van der Waals surface area contributed by atoms with Gasteiger partial charge in [-0.25, -0.2) is 4.98 Å². The van der Waals surface area contributed by atoms with Gasteiger partial charge in [-0.1, -0.05) is 6.92 Å². The zero-order valence-electron chi connectivity index (χ0n) is 13.3. The van der Waals surface area contributed by atoms with E-state index in [1.807, 2.05) is 18.7 Å². The van der Waals surface area contributed by atoms with Crippen molar-refractivity contribution in [1.29, 1.82) is 0 Å². The van der Waals surface area contributed by atoms with E-state index in [4.69, 9.17) is 0 Å². The monoisotopic (exact) mass is 370 g/mol. The summed E-state index contributed by atoms with van der Waals surface area (Å²) < 4.78 is 3.09. The zero-order valence-corrected chi connectivity index (χ0v) is 15.7. The van der Waals surface area contributed by atoms with Crippen LogP contribution in [-0.4, -0.2) is 21.3 Å². The highest BCUT2D eigenvalue weighted by Gasteiger charge is 2.21. The van der Waals surface area contributed by atoms with Crippen molar-refractivity contribution in [1.82, 2.24) is 20.1 Å². The molecule has 1 N–H and O–H groups in total. The topological polar surface area (TPSA) is 42.7 Å². The fourth-order valence-corrected chi connectivity index (χ4v) is 4.04. The number of thiazole rings is 1. The van der Waals surface area contributed by atoms with E-state index in [0.29, 0.717) is 6.04 Å². The van der Waals surface area contributed by atoms with Crippen molar-refractivity contribution in [3.05, 3.63) is 31.4 Å². The maximum Gasteiger partial charge on any atom is 0.0900 e. The third kappa shape index (κ3) is 3.73. The molecule has 0 saturated heterocycles. The molecule has 0 bridgehead atoms. The fraction of sp³-hybridized carbons (Fsp3) is 0.600. The van der Waals surface area contributed by atoms with Crippen LogP contribution in [0.25, 0.3) is 0 Å². The van der Waals surface area contributed by atoms with Gasteiger partial charge in [-0.05, 0) is 49.7 Å². The zero-order chi connectivity index (χ0) is 15.6. The minimum atomic E-state index is 0.294. The SMILES string of the molecule is CCCNC(Cc1c(Br)c(C)nn1C)c1sc(C)nc1C. The molecule has 0 amide bonds. The van der Waals surface area contributed by atoms with Crippen molar-refractivity contribution in [2.45, 2.75) is 46.6 Å². The Morgan fingerprint density at radius 3 is 2.48 bits per heavy atom. The van der Waals surface area contributed by atoms with Gasteiger partial charge in [0.2, 0.25) is 0 Å². The summed E-state index contributed by atoms with van der Waals surface area (Å²) in [6, 6.07) is 0.294. The summed E-state index contributed by atoms with van der Waals surface area (Å²) in [6.45, 7) is 9.41. The van der Waals surface area contributed by atoms with Crippen molar-refractivity contribution >= 4 is 27.3 Å². The minimum Gasteiger partial charge on any atom is -0.309 e. The first-order valence-corrected chi connectivity index (χ1v) is 8.90. The van der Waals surface area contributed by atoms with Gasteiger partial charge in [-0.3, -0.25) is 4.68 Å². The second kappa shape index (κ2) is 7.03. The average Bonchev–Trinajstić information content (AvgIpc) is 2.87. The Labute approximate surface area is 139 Å². The molecule has 6 heteroatoms. The Balaban J connectivity index is 2.30. The molecule has 116 valence electrons. The predicted molar refractivity (Wildman–Crippen MR) is 92.0 cm³/mol. The van der Waals surface area contributed by atoms with E-state index in [0.717, 1.165) is 40.3 Å². The van der Waals surface area contributed by atoms with Gasteiger partial charge in [-0.2, -0.15) is 5.10 Å². The van der Waals surface area contributed by atoms with Crippen LogP contribution in [0.2, 0.25) is 0 Å². The smallest absolute Gasteiger partial charge is 0.0900 e. The molecule has 0 aliphatic heterocycles. The van der Waals surface area contributed by atoms with E-state index in [-0.39, 0.29) is 0 Å². The van der Waals surface area contributed by atoms with E-state index < -0.39 is 0 Å². The Hall–Kier alpha value is -0.720. The predicted octanol–water partition coefficient (Wildman–Crippen LogP) is 3.85. The highest BCUT2D eigenvalue weighted by Crippen LogP contribution is 2.30. The van der Waals surface area contributed by atoms with Crippen LogP contribution in [0.3, 0.4) is 0 Å². The van der Waals surface area contributed by atoms with Gasteiger partial charge in [0.15, 0.2) is 0 Å². The van der Waals surface area contributed by atoms with Crippen molar-refractivity contribution in [2.24, 2.45) is 7.05 Å². The molecule has 0 aliphatic rings. The lowest BCUT2D eigenvalue weighted by atomic mass is 10.1. The molecule has 1 atom stereocenters. The standard InChI is InChI=1S/C15H23BrN4S/c1-6-7-17-12(15-10(3)18-11(4)21-15)8-13-14(16)9(2)19-20(13)5/h12,17H,6-8H2,1-5H3. The first-order chi connectivity index (χ1) is 9.93. The number of nitrogens with zero attached hydrogens (tertiary/aromatic N) is 3. The lowest BCUT2D eigenvalue weighted by molar-refractivity contribution is 0.515. The number of hydrogen-bond acceptors (Lipinski definition) is 4. The highest BCUT2D eigenvalue weighted by atomic mass is 79.9. The number of halogens is 1. The number of rotatable bonds is 6. The number of aryl methyl sites for hydroxylation is 4. The van der Waals surface area contributed by atoms with Gasteiger partial charge in [-0.15, -0.1) is 11.3 Å². The van der Waals surface area contributed by atoms with Crippen molar-refractivity contribution in [3.8, 4) is 0 Å². The largest absolute Gasteiger partial charge is 0.309 e. The summed E-state index contributed by atoms with van der Waals surface area (Å²) in [6.07, 6.45) is 2.04. The van der Waals surface area contributed by atoms with Crippen molar-refractivity contribution in [3.63, 3.8) is 0 Å². The third-order valence-electron chi connectivity index (χ3n) is 3.56. The van der Waals surface area contributed by atoms with Gasteiger partial charge >= 0.3 is 0 Å². The highest BCUT2D eigenvalue weighted by molar-refractivity contribution is 9.10. The van der Waals surface area contributed by atoms with Gasteiger partial charge in [0.05, 0.1) is 26.6 Å². The van der Waals surface area contributed by atoms with Crippen LogP contribution in [0.5, 0.6) is 0 Å². The summed E-state index contributed by atoms with van der Waals surface area (Å²) in [4.78, 5) is 5.92. The Morgan fingerprint density at radius 1 is 1.29 bits per heavy atom. The molecule has 2 heterocycles. The van der Waals surface area contributed by atoms with Gasteiger partial charge < -0.3 is 5.32 Å². The minimum absolute atomic E-state index is 0.294. The maximum atomic E-state index is 4.58. The van der Waals surface area contributed by atoms with Crippen LogP contribution in [0.1, 0.15) is 46.4 Å². The summed E-state index contributed by atoms with van der Waals surface area (Å²) in [7, 11) is 2.01. The first-order valence-electron chi connectivity index (χ1n) is 7.29. The van der Waals surface area contributed by atoms with Crippen LogP contribution in [-0.2, 0) is 13.5 Å². The van der Waals surface area contributed by atoms with Crippen LogP contribution in [0.15, 0.2) is 4.47 Å². The lowest BCUT2D eigenvalue weighted by Crippen LogP contribution is -2.25. The van der Waals surface area contributed by atoms with Crippen LogP contribution >= 0.6 is 27.3 Å². The second-order valence-corrected chi connectivity index (χ2v) is 7.39. The van der Waals surface area contributed by atoms with Gasteiger partial charge in [0.25, 0.3) is 0 Å². The molecule has 0 fully saturated rings. The quantitative estimate of drug-likeness (QED) is 0.839. The number of nitrogens with one attached hydrogen (secondary N) is 1. The van der Waals surface area contributed by atoms with E-state index in [9.17, 15) is 0 Å². The molecule has 0 aliphatic carbocycles. The molecule has 0 aromatic carbocycles. The molecule has 2 aromatic heterocycles. The second-order valence-electron chi connectivity index (χ2n) is 5.36. The summed E-state index contributed by atoms with van der Waals surface area (Å²) >= 11 is 5.46. The summed E-state index contributed by atoms with van der Waals surface area (Å²) in [5, 5.41) is 9.29. The van der Waals surface area contributed by atoms with E-state index in [1.54, 1.807) is 11.3 Å². The average molecular weight is 371 g/mol. The Bertz CT molecular complexity index is 617. The van der Waals surface area contributed by atoms with E-state index >= 15 is 0 Å². The van der Waals surface area contributed by atoms with Crippen LogP contribution in [0, 0.1) is 20.8 Å². The molecule has 0 saturated carbocycles. The normalized spacial score (nSPS) is 12.9. The van der Waals surface area contributed by atoms with E-state index in [1.165, 1.54) is 10.6 Å². The summed E-state index contributed by atoms with van der Waals surface area (Å²) in [5.41, 5.74) is 3.41. The van der Waals surface area contributed by atoms with Gasteiger partial charge in [0, 0.05) is 24.4 Å². The molecule has 0 radical (unpaired) electrons. The van der Waals surface area contributed by atoms with Crippen molar-refractivity contribution in [2.75, 3.05) is 6.54 Å². The summed E-state index contributed by atoms with van der Waals surface area (Å²) in [5.74, 6) is 0. The molecular formula is C15H23BrN4S. The van der Waals surface area contributed by atoms with Crippen molar-refractivity contribution < 1.29 is 0 Å².